The third kappa shape index (κ3) is 4.45. The summed E-state index contributed by atoms with van der Waals surface area (Å²) < 4.78 is 0. The van der Waals surface area contributed by atoms with Gasteiger partial charge in [-0.05, 0) is 38.8 Å². The fourth-order valence-electron chi connectivity index (χ4n) is 2.30. The molecule has 1 amide bonds. The van der Waals surface area contributed by atoms with Crippen LogP contribution in [0.5, 0.6) is 0 Å². The first kappa shape index (κ1) is 16.7. The highest BCUT2D eigenvalue weighted by atomic mass is 35.5. The SMILES string of the molecule is CCN(CC)C(=O)CN1CCC(C)(CN)C1.Cl. The molecule has 0 saturated carbocycles. The van der Waals surface area contributed by atoms with Crippen LogP contribution in [-0.2, 0) is 4.79 Å². The number of hydrogen-bond acceptors (Lipinski definition) is 3. The molecule has 1 fully saturated rings. The highest BCUT2D eigenvalue weighted by molar-refractivity contribution is 5.85. The number of likely N-dealkylation sites (tertiary alicyclic amines) is 1. The van der Waals surface area contributed by atoms with Crippen LogP contribution in [0.4, 0.5) is 0 Å². The van der Waals surface area contributed by atoms with Gasteiger partial charge in [-0.3, -0.25) is 9.69 Å². The van der Waals surface area contributed by atoms with Crippen molar-refractivity contribution in [2.24, 2.45) is 11.1 Å². The van der Waals surface area contributed by atoms with E-state index in [4.69, 9.17) is 5.73 Å². The molecule has 1 atom stereocenters. The van der Waals surface area contributed by atoms with Gasteiger partial charge in [-0.15, -0.1) is 12.4 Å². The number of rotatable bonds is 5. The summed E-state index contributed by atoms with van der Waals surface area (Å²) in [6.07, 6.45) is 1.11. The van der Waals surface area contributed by atoms with Crippen molar-refractivity contribution in [3.63, 3.8) is 0 Å². The van der Waals surface area contributed by atoms with E-state index in [0.717, 1.165) is 32.6 Å². The normalized spacial score (nSPS) is 24.5. The smallest absolute Gasteiger partial charge is 0.236 e. The molecule has 1 aliphatic heterocycles. The minimum Gasteiger partial charge on any atom is -0.342 e. The lowest BCUT2D eigenvalue weighted by Crippen LogP contribution is -2.40. The molecule has 17 heavy (non-hydrogen) atoms. The Hall–Kier alpha value is -0.320. The molecule has 0 aromatic rings. The van der Waals surface area contributed by atoms with Gasteiger partial charge in [-0.2, -0.15) is 0 Å². The Labute approximate surface area is 111 Å². The monoisotopic (exact) mass is 263 g/mol. The van der Waals surface area contributed by atoms with Crippen molar-refractivity contribution in [2.45, 2.75) is 27.2 Å². The van der Waals surface area contributed by atoms with Crippen molar-refractivity contribution in [1.29, 1.82) is 0 Å². The molecular weight excluding hydrogens is 238 g/mol. The molecule has 4 nitrogen and oxygen atoms in total. The van der Waals surface area contributed by atoms with Gasteiger partial charge in [0.2, 0.25) is 5.91 Å². The molecule has 1 unspecified atom stereocenters. The third-order valence-corrected chi connectivity index (χ3v) is 3.60. The molecule has 1 heterocycles. The summed E-state index contributed by atoms with van der Waals surface area (Å²) in [7, 11) is 0. The maximum absolute atomic E-state index is 11.9. The molecule has 1 saturated heterocycles. The zero-order valence-corrected chi connectivity index (χ0v) is 12.1. The number of likely N-dealkylation sites (N-methyl/N-ethyl adjacent to an activating group) is 1. The van der Waals surface area contributed by atoms with Gasteiger partial charge in [0.1, 0.15) is 0 Å². The quantitative estimate of drug-likeness (QED) is 0.804. The largest absolute Gasteiger partial charge is 0.342 e. The molecule has 0 aromatic heterocycles. The minimum absolute atomic E-state index is 0. The highest BCUT2D eigenvalue weighted by Gasteiger charge is 2.33. The number of nitrogens with zero attached hydrogens (tertiary/aromatic N) is 2. The van der Waals surface area contributed by atoms with E-state index in [9.17, 15) is 4.79 Å². The van der Waals surface area contributed by atoms with Crippen LogP contribution in [-0.4, -0.2) is 55.0 Å². The van der Waals surface area contributed by atoms with Gasteiger partial charge in [0, 0.05) is 19.6 Å². The standard InChI is InChI=1S/C12H25N3O.ClH/c1-4-15(5-2)11(16)8-14-7-6-12(3,9-13)10-14;/h4-10,13H2,1-3H3;1H. The minimum atomic E-state index is 0. The van der Waals surface area contributed by atoms with Gasteiger partial charge < -0.3 is 10.6 Å². The zero-order valence-electron chi connectivity index (χ0n) is 11.2. The average Bonchev–Trinajstić information content (AvgIpc) is 2.63. The molecule has 0 radical (unpaired) electrons. The molecular formula is C12H26ClN3O. The van der Waals surface area contributed by atoms with Crippen LogP contribution in [0, 0.1) is 5.41 Å². The van der Waals surface area contributed by atoms with Crippen molar-refractivity contribution in [1.82, 2.24) is 9.80 Å². The Morgan fingerprint density at radius 3 is 2.41 bits per heavy atom. The summed E-state index contributed by atoms with van der Waals surface area (Å²) >= 11 is 0. The van der Waals surface area contributed by atoms with E-state index in [1.165, 1.54) is 0 Å². The molecule has 0 aromatic carbocycles. The van der Waals surface area contributed by atoms with Crippen LogP contribution in [0.3, 0.4) is 0 Å². The second-order valence-electron chi connectivity index (χ2n) is 5.04. The topological polar surface area (TPSA) is 49.6 Å². The lowest BCUT2D eigenvalue weighted by atomic mass is 9.90. The van der Waals surface area contributed by atoms with Gasteiger partial charge in [-0.25, -0.2) is 0 Å². The molecule has 1 rings (SSSR count). The van der Waals surface area contributed by atoms with E-state index < -0.39 is 0 Å². The predicted molar refractivity (Wildman–Crippen MR) is 73.4 cm³/mol. The van der Waals surface area contributed by atoms with Crippen molar-refractivity contribution in [3.05, 3.63) is 0 Å². The van der Waals surface area contributed by atoms with Crippen molar-refractivity contribution in [3.8, 4) is 0 Å². The lowest BCUT2D eigenvalue weighted by Gasteiger charge is -2.25. The molecule has 0 bridgehead atoms. The predicted octanol–water partition coefficient (Wildman–Crippen LogP) is 0.947. The summed E-state index contributed by atoms with van der Waals surface area (Å²) in [4.78, 5) is 16.0. The van der Waals surface area contributed by atoms with E-state index in [2.05, 4.69) is 11.8 Å². The lowest BCUT2D eigenvalue weighted by molar-refractivity contribution is -0.131. The second kappa shape index (κ2) is 7.19. The van der Waals surface area contributed by atoms with E-state index in [0.29, 0.717) is 13.1 Å². The maximum Gasteiger partial charge on any atom is 0.236 e. The maximum atomic E-state index is 11.9. The third-order valence-electron chi connectivity index (χ3n) is 3.60. The number of amides is 1. The first-order chi connectivity index (χ1) is 7.54. The van der Waals surface area contributed by atoms with Crippen LogP contribution in [0.25, 0.3) is 0 Å². The van der Waals surface area contributed by atoms with Crippen molar-refractivity contribution in [2.75, 3.05) is 39.3 Å². The van der Waals surface area contributed by atoms with Crippen molar-refractivity contribution >= 4 is 18.3 Å². The fourth-order valence-corrected chi connectivity index (χ4v) is 2.30. The molecule has 1 aliphatic rings. The van der Waals surface area contributed by atoms with E-state index in [1.807, 2.05) is 18.7 Å². The van der Waals surface area contributed by atoms with E-state index in [-0.39, 0.29) is 23.7 Å². The summed E-state index contributed by atoms with van der Waals surface area (Å²) in [5.74, 6) is 0.242. The summed E-state index contributed by atoms with van der Waals surface area (Å²) in [6.45, 7) is 11.1. The van der Waals surface area contributed by atoms with E-state index in [1.54, 1.807) is 0 Å². The van der Waals surface area contributed by atoms with Crippen LogP contribution in [0.1, 0.15) is 27.2 Å². The number of hydrogen-bond donors (Lipinski definition) is 1. The average molecular weight is 264 g/mol. The second-order valence-corrected chi connectivity index (χ2v) is 5.04. The van der Waals surface area contributed by atoms with Gasteiger partial charge in [0.25, 0.3) is 0 Å². The number of halogens is 1. The van der Waals surface area contributed by atoms with Gasteiger partial charge in [0.15, 0.2) is 0 Å². The van der Waals surface area contributed by atoms with Crippen LogP contribution in [0.15, 0.2) is 0 Å². The van der Waals surface area contributed by atoms with Gasteiger partial charge in [-0.1, -0.05) is 6.92 Å². The zero-order chi connectivity index (χ0) is 12.2. The van der Waals surface area contributed by atoms with Crippen LogP contribution < -0.4 is 5.73 Å². The van der Waals surface area contributed by atoms with Gasteiger partial charge >= 0.3 is 0 Å². The molecule has 5 heteroatoms. The Kier molecular flexibility index (Phi) is 7.05. The van der Waals surface area contributed by atoms with E-state index >= 15 is 0 Å². The summed E-state index contributed by atoms with van der Waals surface area (Å²) in [5.41, 5.74) is 5.96. The fraction of sp³-hybridized carbons (Fsp3) is 0.917. The molecule has 0 aliphatic carbocycles. The van der Waals surface area contributed by atoms with Crippen LogP contribution in [0.2, 0.25) is 0 Å². The van der Waals surface area contributed by atoms with Gasteiger partial charge in [0.05, 0.1) is 6.54 Å². The Balaban J connectivity index is 0.00000256. The molecule has 0 spiro atoms. The Morgan fingerprint density at radius 2 is 2.00 bits per heavy atom. The number of nitrogens with two attached hydrogens (primary N) is 1. The summed E-state index contributed by atoms with van der Waals surface area (Å²) in [5, 5.41) is 0. The first-order valence-corrected chi connectivity index (χ1v) is 6.25. The Bertz CT molecular complexity index is 246. The van der Waals surface area contributed by atoms with Crippen LogP contribution >= 0.6 is 12.4 Å². The molecule has 2 N–H and O–H groups in total. The first-order valence-electron chi connectivity index (χ1n) is 6.25. The van der Waals surface area contributed by atoms with Crippen molar-refractivity contribution < 1.29 is 4.79 Å². The summed E-state index contributed by atoms with van der Waals surface area (Å²) in [6, 6.07) is 0. The highest BCUT2D eigenvalue weighted by Crippen LogP contribution is 2.28. The number of carbonyl (C=O) groups is 1. The Morgan fingerprint density at radius 1 is 1.41 bits per heavy atom. The number of carbonyl (C=O) groups excluding carboxylic acids is 1. The molecule has 102 valence electrons.